The number of rotatable bonds is 11. The Morgan fingerprint density at radius 3 is 2.58 bits per heavy atom. The minimum atomic E-state index is -0.167. The lowest BCUT2D eigenvalue weighted by Crippen LogP contribution is -2.22. The minimum absolute atomic E-state index is 0.139. The molecule has 0 atom stereocenters. The van der Waals surface area contributed by atoms with E-state index in [4.69, 9.17) is 14.2 Å². The van der Waals surface area contributed by atoms with Gasteiger partial charge in [0.2, 0.25) is 5.91 Å². The van der Waals surface area contributed by atoms with Gasteiger partial charge in [-0.15, -0.1) is 0 Å². The van der Waals surface area contributed by atoms with Gasteiger partial charge in [0.1, 0.15) is 24.7 Å². The topological polar surface area (TPSA) is 68.8 Å². The molecule has 0 aliphatic heterocycles. The Kier molecular flexibility index (Phi) is 8.02. The lowest BCUT2D eigenvalue weighted by atomic mass is 10.3. The van der Waals surface area contributed by atoms with Gasteiger partial charge in [-0.2, -0.15) is 0 Å². The van der Waals surface area contributed by atoms with E-state index in [-0.39, 0.29) is 12.5 Å². The van der Waals surface area contributed by atoms with Crippen molar-refractivity contribution >= 4 is 17.3 Å². The zero-order chi connectivity index (χ0) is 18.6. The fourth-order valence-corrected chi connectivity index (χ4v) is 2.13. The zero-order valence-electron chi connectivity index (χ0n) is 14.9. The summed E-state index contributed by atoms with van der Waals surface area (Å²) in [6.45, 7) is 5.18. The quantitative estimate of drug-likeness (QED) is 0.477. The maximum absolute atomic E-state index is 12.2. The molecule has 0 spiro atoms. The van der Waals surface area contributed by atoms with E-state index in [1.54, 1.807) is 25.3 Å². The molecule has 0 saturated carbocycles. The largest absolute Gasteiger partial charge is 0.491 e. The normalized spacial score (nSPS) is 10.0. The first-order valence-electron chi connectivity index (χ1n) is 8.31. The second-order valence-electron chi connectivity index (χ2n) is 5.36. The first-order chi connectivity index (χ1) is 12.7. The molecule has 2 aromatic rings. The number of para-hydroxylation sites is 2. The Morgan fingerprint density at radius 2 is 1.85 bits per heavy atom. The van der Waals surface area contributed by atoms with Crippen molar-refractivity contribution in [3.8, 4) is 11.5 Å². The molecule has 0 unspecified atom stereocenters. The van der Waals surface area contributed by atoms with Gasteiger partial charge in [0, 0.05) is 12.8 Å². The van der Waals surface area contributed by atoms with Crippen molar-refractivity contribution in [2.75, 3.05) is 44.1 Å². The fourth-order valence-electron chi connectivity index (χ4n) is 2.13. The molecule has 0 saturated heterocycles. The second-order valence-corrected chi connectivity index (χ2v) is 5.36. The maximum atomic E-state index is 12.2. The highest BCUT2D eigenvalue weighted by molar-refractivity contribution is 5.95. The van der Waals surface area contributed by atoms with Gasteiger partial charge in [-0.3, -0.25) is 4.79 Å². The Hall–Kier alpha value is -2.99. The summed E-state index contributed by atoms with van der Waals surface area (Å²) >= 11 is 0. The van der Waals surface area contributed by atoms with Gasteiger partial charge in [-0.1, -0.05) is 24.8 Å². The molecule has 2 N–H and O–H groups in total. The molecule has 0 heterocycles. The maximum Gasteiger partial charge on any atom is 0.243 e. The summed E-state index contributed by atoms with van der Waals surface area (Å²) in [5, 5.41) is 5.91. The highest BCUT2D eigenvalue weighted by atomic mass is 16.5. The van der Waals surface area contributed by atoms with Crippen molar-refractivity contribution in [3.63, 3.8) is 0 Å². The summed E-state index contributed by atoms with van der Waals surface area (Å²) in [4.78, 5) is 12.2. The number of amides is 1. The molecule has 26 heavy (non-hydrogen) atoms. The van der Waals surface area contributed by atoms with Crippen LogP contribution >= 0.6 is 0 Å². The molecule has 2 rings (SSSR count). The lowest BCUT2D eigenvalue weighted by molar-refractivity contribution is -0.114. The summed E-state index contributed by atoms with van der Waals surface area (Å²) in [5.41, 5.74) is 1.46. The molecule has 2 aromatic carbocycles. The lowest BCUT2D eigenvalue weighted by Gasteiger charge is -2.12. The monoisotopic (exact) mass is 356 g/mol. The molecule has 0 fully saturated rings. The van der Waals surface area contributed by atoms with Crippen LogP contribution in [0.25, 0.3) is 0 Å². The zero-order valence-corrected chi connectivity index (χ0v) is 14.9. The van der Waals surface area contributed by atoms with Crippen LogP contribution in [-0.2, 0) is 9.53 Å². The summed E-state index contributed by atoms with van der Waals surface area (Å²) in [6, 6.07) is 14.7. The van der Waals surface area contributed by atoms with Crippen LogP contribution in [0, 0.1) is 0 Å². The Labute approximate surface area is 153 Å². The van der Waals surface area contributed by atoms with Crippen LogP contribution in [0.4, 0.5) is 11.4 Å². The van der Waals surface area contributed by atoms with Crippen molar-refractivity contribution in [1.82, 2.24) is 0 Å². The summed E-state index contributed by atoms with van der Waals surface area (Å²) in [7, 11) is 1.63. The predicted octanol–water partition coefficient (Wildman–Crippen LogP) is 3.33. The van der Waals surface area contributed by atoms with Gasteiger partial charge < -0.3 is 24.8 Å². The van der Waals surface area contributed by atoms with Crippen LogP contribution in [0.2, 0.25) is 0 Å². The Morgan fingerprint density at radius 1 is 1.08 bits per heavy atom. The van der Waals surface area contributed by atoms with E-state index < -0.39 is 0 Å². The molecular formula is C20H24N2O4. The van der Waals surface area contributed by atoms with Gasteiger partial charge in [-0.25, -0.2) is 0 Å². The third-order valence-corrected chi connectivity index (χ3v) is 3.38. The SMILES string of the molecule is C=CCOc1ccccc1NC(=O)CNc1ccc(OCCOC)cc1. The van der Waals surface area contributed by atoms with E-state index in [1.807, 2.05) is 36.4 Å². The van der Waals surface area contributed by atoms with Gasteiger partial charge >= 0.3 is 0 Å². The fraction of sp³-hybridized carbons (Fsp3) is 0.250. The molecule has 0 aromatic heterocycles. The van der Waals surface area contributed by atoms with E-state index in [9.17, 15) is 4.79 Å². The van der Waals surface area contributed by atoms with Crippen molar-refractivity contribution in [2.24, 2.45) is 0 Å². The molecule has 0 radical (unpaired) electrons. The van der Waals surface area contributed by atoms with Gasteiger partial charge in [0.25, 0.3) is 0 Å². The number of anilines is 2. The van der Waals surface area contributed by atoms with Crippen LogP contribution < -0.4 is 20.1 Å². The van der Waals surface area contributed by atoms with Gasteiger partial charge in [-0.05, 0) is 36.4 Å². The van der Waals surface area contributed by atoms with E-state index in [0.717, 1.165) is 11.4 Å². The van der Waals surface area contributed by atoms with Gasteiger partial charge in [0.05, 0.1) is 18.8 Å². The molecule has 0 aliphatic rings. The molecule has 6 nitrogen and oxygen atoms in total. The van der Waals surface area contributed by atoms with E-state index in [2.05, 4.69) is 17.2 Å². The minimum Gasteiger partial charge on any atom is -0.491 e. The molecule has 0 bridgehead atoms. The Balaban J connectivity index is 1.82. The number of hydrogen-bond acceptors (Lipinski definition) is 5. The molecule has 6 heteroatoms. The van der Waals surface area contributed by atoms with Crippen LogP contribution in [0.1, 0.15) is 0 Å². The molecular weight excluding hydrogens is 332 g/mol. The van der Waals surface area contributed by atoms with Crippen LogP contribution in [0.3, 0.4) is 0 Å². The smallest absolute Gasteiger partial charge is 0.243 e. The molecule has 138 valence electrons. The van der Waals surface area contributed by atoms with Crippen molar-refractivity contribution in [2.45, 2.75) is 0 Å². The number of hydrogen-bond donors (Lipinski definition) is 2. The first kappa shape index (κ1) is 19.3. The first-order valence-corrected chi connectivity index (χ1v) is 8.31. The van der Waals surface area contributed by atoms with E-state index in [0.29, 0.717) is 31.3 Å². The summed E-state index contributed by atoms with van der Waals surface area (Å²) in [5.74, 6) is 1.20. The number of benzene rings is 2. The average molecular weight is 356 g/mol. The number of methoxy groups -OCH3 is 1. The van der Waals surface area contributed by atoms with Crippen LogP contribution in [-0.4, -0.2) is 39.4 Å². The summed E-state index contributed by atoms with van der Waals surface area (Å²) in [6.07, 6.45) is 1.66. The van der Waals surface area contributed by atoms with Crippen molar-refractivity contribution in [3.05, 3.63) is 61.2 Å². The standard InChI is InChI=1S/C20H24N2O4/c1-3-12-26-19-7-5-4-6-18(19)22-20(23)15-21-16-8-10-17(11-9-16)25-14-13-24-2/h3-11,21H,1,12-15H2,2H3,(H,22,23). The molecule has 0 aliphatic carbocycles. The highest BCUT2D eigenvalue weighted by Gasteiger charge is 2.07. The van der Waals surface area contributed by atoms with Crippen molar-refractivity contribution < 1.29 is 19.0 Å². The van der Waals surface area contributed by atoms with Crippen LogP contribution in [0.5, 0.6) is 11.5 Å². The predicted molar refractivity (Wildman–Crippen MR) is 103 cm³/mol. The number of carbonyl (C=O) groups excluding carboxylic acids is 1. The summed E-state index contributed by atoms with van der Waals surface area (Å²) < 4.78 is 16.0. The van der Waals surface area contributed by atoms with Crippen LogP contribution in [0.15, 0.2) is 61.2 Å². The number of carbonyl (C=O) groups is 1. The van der Waals surface area contributed by atoms with Crippen molar-refractivity contribution in [1.29, 1.82) is 0 Å². The third-order valence-electron chi connectivity index (χ3n) is 3.38. The Bertz CT molecular complexity index is 701. The van der Waals surface area contributed by atoms with E-state index >= 15 is 0 Å². The molecule has 1 amide bonds. The third kappa shape index (κ3) is 6.49. The van der Waals surface area contributed by atoms with Gasteiger partial charge in [0.15, 0.2) is 0 Å². The number of ether oxygens (including phenoxy) is 3. The second kappa shape index (κ2) is 10.8. The van der Waals surface area contributed by atoms with E-state index in [1.165, 1.54) is 0 Å². The average Bonchev–Trinajstić information content (AvgIpc) is 2.67. The highest BCUT2D eigenvalue weighted by Crippen LogP contribution is 2.23. The number of nitrogens with one attached hydrogen (secondary N) is 2.